The summed E-state index contributed by atoms with van der Waals surface area (Å²) < 4.78 is 4.93. The summed E-state index contributed by atoms with van der Waals surface area (Å²) in [6.45, 7) is 3.07. The van der Waals surface area contributed by atoms with E-state index in [2.05, 4.69) is 0 Å². The maximum atomic E-state index is 11.7. The third-order valence-corrected chi connectivity index (χ3v) is 3.31. The molecule has 4 nitrogen and oxygen atoms in total. The summed E-state index contributed by atoms with van der Waals surface area (Å²) in [5, 5.41) is 0. The summed E-state index contributed by atoms with van der Waals surface area (Å²) >= 11 is 0. The van der Waals surface area contributed by atoms with Gasteiger partial charge in [-0.2, -0.15) is 0 Å². The van der Waals surface area contributed by atoms with Crippen LogP contribution in [-0.2, 0) is 14.3 Å². The zero-order valence-electron chi connectivity index (χ0n) is 9.78. The molecule has 2 rings (SSSR count). The Bertz CT molecular complexity index is 286. The maximum Gasteiger partial charge on any atom is 0.307 e. The number of amides is 1. The summed E-state index contributed by atoms with van der Waals surface area (Å²) in [5.74, 6) is 0.718. The number of rotatable bonds is 5. The smallest absolute Gasteiger partial charge is 0.307 e. The van der Waals surface area contributed by atoms with Crippen molar-refractivity contribution in [3.05, 3.63) is 0 Å². The van der Waals surface area contributed by atoms with Gasteiger partial charge in [0.25, 0.3) is 0 Å². The number of carbonyl (C=O) groups excluding carboxylic acids is 2. The van der Waals surface area contributed by atoms with Crippen molar-refractivity contribution in [2.45, 2.75) is 45.1 Å². The molecule has 1 heterocycles. The number of ether oxygens (including phenoxy) is 1. The largest absolute Gasteiger partial charge is 0.466 e. The third-order valence-electron chi connectivity index (χ3n) is 3.31. The third kappa shape index (κ3) is 2.74. The van der Waals surface area contributed by atoms with E-state index >= 15 is 0 Å². The zero-order chi connectivity index (χ0) is 11.5. The highest BCUT2D eigenvalue weighted by Gasteiger charge is 2.36. The van der Waals surface area contributed by atoms with E-state index in [-0.39, 0.29) is 17.9 Å². The summed E-state index contributed by atoms with van der Waals surface area (Å²) in [6.07, 6.45) is 4.24. The van der Waals surface area contributed by atoms with Gasteiger partial charge in [0.1, 0.15) is 0 Å². The first kappa shape index (κ1) is 11.4. The van der Waals surface area contributed by atoms with Gasteiger partial charge < -0.3 is 9.64 Å². The Morgan fingerprint density at radius 2 is 2.19 bits per heavy atom. The minimum absolute atomic E-state index is 0.0900. The van der Waals surface area contributed by atoms with Crippen LogP contribution in [0.2, 0.25) is 0 Å². The summed E-state index contributed by atoms with van der Waals surface area (Å²) in [5.41, 5.74) is 0. The number of hydrogen-bond donors (Lipinski definition) is 0. The summed E-state index contributed by atoms with van der Waals surface area (Å²) in [7, 11) is 0. The van der Waals surface area contributed by atoms with Crippen LogP contribution in [-0.4, -0.2) is 36.0 Å². The second-order valence-corrected chi connectivity index (χ2v) is 4.69. The van der Waals surface area contributed by atoms with Gasteiger partial charge in [0.15, 0.2) is 0 Å². The van der Waals surface area contributed by atoms with E-state index in [1.54, 1.807) is 6.92 Å². The van der Waals surface area contributed by atoms with Crippen LogP contribution < -0.4 is 0 Å². The van der Waals surface area contributed by atoms with Gasteiger partial charge in [0, 0.05) is 19.0 Å². The average molecular weight is 225 g/mol. The monoisotopic (exact) mass is 225 g/mol. The number of likely N-dealkylation sites (tertiary alicyclic amines) is 1. The summed E-state index contributed by atoms with van der Waals surface area (Å²) in [6, 6.07) is 0.0900. The van der Waals surface area contributed by atoms with Crippen molar-refractivity contribution >= 4 is 11.9 Å². The lowest BCUT2D eigenvalue weighted by Crippen LogP contribution is -2.36. The molecule has 1 aliphatic heterocycles. The molecule has 1 aliphatic carbocycles. The molecule has 0 aromatic heterocycles. The maximum absolute atomic E-state index is 11.7. The molecule has 0 radical (unpaired) electrons. The molecule has 0 N–H and O–H groups in total. The predicted octanol–water partition coefficient (Wildman–Crippen LogP) is 1.34. The van der Waals surface area contributed by atoms with Crippen LogP contribution >= 0.6 is 0 Å². The van der Waals surface area contributed by atoms with Gasteiger partial charge in [-0.05, 0) is 32.1 Å². The lowest BCUT2D eigenvalue weighted by atomic mass is 10.1. The van der Waals surface area contributed by atoms with Gasteiger partial charge in [0.05, 0.1) is 13.0 Å². The van der Waals surface area contributed by atoms with E-state index in [0.717, 1.165) is 13.0 Å². The van der Waals surface area contributed by atoms with Crippen molar-refractivity contribution in [2.24, 2.45) is 5.92 Å². The van der Waals surface area contributed by atoms with Crippen molar-refractivity contribution in [3.8, 4) is 0 Å². The van der Waals surface area contributed by atoms with E-state index in [1.807, 2.05) is 4.90 Å². The van der Waals surface area contributed by atoms with E-state index in [1.165, 1.54) is 12.8 Å². The molecule has 2 fully saturated rings. The quantitative estimate of drug-likeness (QED) is 0.663. The van der Waals surface area contributed by atoms with Crippen LogP contribution in [0.15, 0.2) is 0 Å². The van der Waals surface area contributed by atoms with Gasteiger partial charge in [-0.3, -0.25) is 9.59 Å². The van der Waals surface area contributed by atoms with E-state index < -0.39 is 0 Å². The molecule has 1 atom stereocenters. The molecule has 90 valence electrons. The Hall–Kier alpha value is -1.06. The second kappa shape index (κ2) is 4.85. The highest BCUT2D eigenvalue weighted by atomic mass is 16.5. The first-order valence-electron chi connectivity index (χ1n) is 6.15. The van der Waals surface area contributed by atoms with Crippen molar-refractivity contribution in [1.29, 1.82) is 0 Å². The van der Waals surface area contributed by atoms with Crippen molar-refractivity contribution in [1.82, 2.24) is 4.90 Å². The van der Waals surface area contributed by atoms with Crippen LogP contribution in [0.1, 0.15) is 39.0 Å². The molecule has 2 aliphatic rings. The second-order valence-electron chi connectivity index (χ2n) is 4.69. The molecule has 4 heteroatoms. The molecule has 0 spiro atoms. The molecular formula is C12H19NO3. The van der Waals surface area contributed by atoms with E-state index in [0.29, 0.717) is 25.4 Å². The lowest BCUT2D eigenvalue weighted by Gasteiger charge is -2.24. The Balaban J connectivity index is 1.86. The zero-order valence-corrected chi connectivity index (χ0v) is 9.78. The predicted molar refractivity (Wildman–Crippen MR) is 58.7 cm³/mol. The summed E-state index contributed by atoms with van der Waals surface area (Å²) in [4.78, 5) is 25.0. The minimum atomic E-state index is -0.178. The highest BCUT2D eigenvalue weighted by Crippen LogP contribution is 2.33. The molecule has 0 aromatic rings. The molecule has 1 saturated heterocycles. The Morgan fingerprint density at radius 3 is 2.81 bits per heavy atom. The molecule has 1 amide bonds. The van der Waals surface area contributed by atoms with Crippen LogP contribution in [0.3, 0.4) is 0 Å². The van der Waals surface area contributed by atoms with Crippen LogP contribution in [0.5, 0.6) is 0 Å². The Labute approximate surface area is 95.9 Å². The molecule has 16 heavy (non-hydrogen) atoms. The normalized spacial score (nSPS) is 24.9. The van der Waals surface area contributed by atoms with Crippen molar-refractivity contribution in [2.75, 3.05) is 13.2 Å². The highest BCUT2D eigenvalue weighted by molar-refractivity contribution is 5.80. The Kier molecular flexibility index (Phi) is 3.46. The van der Waals surface area contributed by atoms with Gasteiger partial charge >= 0.3 is 5.97 Å². The fourth-order valence-corrected chi connectivity index (χ4v) is 2.25. The Morgan fingerprint density at radius 1 is 1.44 bits per heavy atom. The first-order chi connectivity index (χ1) is 7.70. The van der Waals surface area contributed by atoms with E-state index in [9.17, 15) is 9.59 Å². The number of hydrogen-bond acceptors (Lipinski definition) is 3. The van der Waals surface area contributed by atoms with E-state index in [4.69, 9.17) is 4.74 Å². The molecule has 1 unspecified atom stereocenters. The lowest BCUT2D eigenvalue weighted by molar-refractivity contribution is -0.144. The van der Waals surface area contributed by atoms with Gasteiger partial charge in [-0.25, -0.2) is 0 Å². The van der Waals surface area contributed by atoms with Gasteiger partial charge in [0.2, 0.25) is 5.91 Å². The van der Waals surface area contributed by atoms with Crippen molar-refractivity contribution in [3.63, 3.8) is 0 Å². The SMILES string of the molecule is CCOC(=O)CC1CCC(=O)N1CC1CC1. The fraction of sp³-hybridized carbons (Fsp3) is 0.833. The van der Waals surface area contributed by atoms with Gasteiger partial charge in [-0.1, -0.05) is 0 Å². The number of esters is 1. The van der Waals surface area contributed by atoms with Crippen LogP contribution in [0, 0.1) is 5.92 Å². The van der Waals surface area contributed by atoms with Crippen LogP contribution in [0.4, 0.5) is 0 Å². The number of nitrogens with zero attached hydrogens (tertiary/aromatic N) is 1. The standard InChI is InChI=1S/C12H19NO3/c1-2-16-12(15)7-10-5-6-11(14)13(10)8-9-3-4-9/h9-10H,2-8H2,1H3. The first-order valence-corrected chi connectivity index (χ1v) is 6.15. The van der Waals surface area contributed by atoms with Gasteiger partial charge in [-0.15, -0.1) is 0 Å². The molecule has 0 aromatic carbocycles. The average Bonchev–Trinajstić information content (AvgIpc) is 2.99. The molecule has 0 bridgehead atoms. The fourth-order valence-electron chi connectivity index (χ4n) is 2.25. The van der Waals surface area contributed by atoms with Crippen molar-refractivity contribution < 1.29 is 14.3 Å². The topological polar surface area (TPSA) is 46.6 Å². The molecular weight excluding hydrogens is 206 g/mol. The molecule has 1 saturated carbocycles. The number of carbonyl (C=O) groups is 2. The minimum Gasteiger partial charge on any atom is -0.466 e. The van der Waals surface area contributed by atoms with Crippen LogP contribution in [0.25, 0.3) is 0 Å².